The van der Waals surface area contributed by atoms with E-state index in [1.165, 1.54) is 0 Å². The summed E-state index contributed by atoms with van der Waals surface area (Å²) in [5.74, 6) is 0.719. The molecule has 0 bridgehead atoms. The van der Waals surface area contributed by atoms with Crippen LogP contribution in [-0.2, 0) is 20.9 Å². The molecule has 3 aromatic rings. The van der Waals surface area contributed by atoms with Gasteiger partial charge in [-0.25, -0.2) is 0 Å². The average Bonchev–Trinajstić information content (AvgIpc) is 2.67. The lowest BCUT2D eigenvalue weighted by molar-refractivity contribution is 0.233. The highest BCUT2D eigenvalue weighted by atomic mass is 32.2. The Kier molecular flexibility index (Phi) is 5.94. The summed E-state index contributed by atoms with van der Waals surface area (Å²) >= 11 is 0. The molecule has 1 unspecified atom stereocenters. The predicted octanol–water partition coefficient (Wildman–Crippen LogP) is 5.04. The zero-order valence-electron chi connectivity index (χ0n) is 15.3. The minimum Gasteiger partial charge on any atom is -0.489 e. The van der Waals surface area contributed by atoms with Crippen LogP contribution in [0.1, 0.15) is 29.7 Å². The van der Waals surface area contributed by atoms with Crippen molar-refractivity contribution in [3.63, 3.8) is 0 Å². The lowest BCUT2D eigenvalue weighted by atomic mass is 10.1. The van der Waals surface area contributed by atoms with Crippen LogP contribution in [0.3, 0.4) is 0 Å². The van der Waals surface area contributed by atoms with Crippen molar-refractivity contribution in [3.05, 3.63) is 95.6 Å². The van der Waals surface area contributed by atoms with Gasteiger partial charge in [0.05, 0.1) is 11.0 Å². The van der Waals surface area contributed by atoms with Crippen LogP contribution in [-0.4, -0.2) is 8.42 Å². The predicted molar refractivity (Wildman–Crippen MR) is 105 cm³/mol. The van der Waals surface area contributed by atoms with Gasteiger partial charge < -0.3 is 4.74 Å². The van der Waals surface area contributed by atoms with E-state index in [1.54, 1.807) is 31.2 Å². The molecule has 0 saturated heterocycles. The summed E-state index contributed by atoms with van der Waals surface area (Å²) in [6.07, 6.45) is -0.598. The summed E-state index contributed by atoms with van der Waals surface area (Å²) in [5, 5.41) is 0. The van der Waals surface area contributed by atoms with Crippen LogP contribution < -0.4 is 4.74 Å². The van der Waals surface area contributed by atoms with Gasteiger partial charge in [0.25, 0.3) is 10.1 Å². The molecule has 0 aliphatic heterocycles. The van der Waals surface area contributed by atoms with Crippen molar-refractivity contribution in [2.45, 2.75) is 31.5 Å². The number of hydrogen-bond acceptors (Lipinski definition) is 4. The van der Waals surface area contributed by atoms with Gasteiger partial charge in [-0.1, -0.05) is 60.2 Å². The molecular weight excluding hydrogens is 360 g/mol. The highest BCUT2D eigenvalue weighted by Crippen LogP contribution is 2.25. The van der Waals surface area contributed by atoms with Crippen LogP contribution in [0, 0.1) is 6.92 Å². The van der Waals surface area contributed by atoms with Gasteiger partial charge in [-0.15, -0.1) is 0 Å². The normalized spacial score (nSPS) is 12.5. The number of rotatable bonds is 7. The van der Waals surface area contributed by atoms with Crippen LogP contribution >= 0.6 is 0 Å². The van der Waals surface area contributed by atoms with Gasteiger partial charge in [-0.2, -0.15) is 8.42 Å². The van der Waals surface area contributed by atoms with Gasteiger partial charge in [0.1, 0.15) is 12.4 Å². The van der Waals surface area contributed by atoms with Crippen LogP contribution in [0.15, 0.2) is 83.8 Å². The Bertz CT molecular complexity index is 963. The fourth-order valence-corrected chi connectivity index (χ4v) is 3.65. The van der Waals surface area contributed by atoms with Crippen LogP contribution in [0.2, 0.25) is 0 Å². The standard InChI is InChI=1S/C22H22O4S/c1-17-8-14-22(15-9-17)27(23,24)26-18(2)20-10-12-21(13-11-20)25-16-19-6-4-3-5-7-19/h3-15,18H,16H2,1-2H3. The summed E-state index contributed by atoms with van der Waals surface area (Å²) in [4.78, 5) is 0.155. The maximum absolute atomic E-state index is 12.4. The van der Waals surface area contributed by atoms with Crippen molar-refractivity contribution in [2.75, 3.05) is 0 Å². The Morgan fingerprint density at radius 1 is 0.852 bits per heavy atom. The average molecular weight is 382 g/mol. The second-order valence-corrected chi connectivity index (χ2v) is 7.92. The quantitative estimate of drug-likeness (QED) is 0.537. The largest absolute Gasteiger partial charge is 0.489 e. The first-order valence-electron chi connectivity index (χ1n) is 8.71. The van der Waals surface area contributed by atoms with Crippen LogP contribution in [0.25, 0.3) is 0 Å². The topological polar surface area (TPSA) is 52.6 Å². The minimum absolute atomic E-state index is 0.155. The highest BCUT2D eigenvalue weighted by molar-refractivity contribution is 7.86. The molecule has 3 rings (SSSR count). The molecule has 0 heterocycles. The van der Waals surface area contributed by atoms with Crippen molar-refractivity contribution >= 4 is 10.1 Å². The Balaban J connectivity index is 1.63. The Hall–Kier alpha value is -2.63. The molecule has 0 saturated carbocycles. The molecule has 4 nitrogen and oxygen atoms in total. The number of aryl methyl sites for hydroxylation is 1. The molecule has 3 aromatic carbocycles. The zero-order chi connectivity index (χ0) is 19.3. The maximum atomic E-state index is 12.4. The first-order chi connectivity index (χ1) is 12.9. The Labute approximate surface area is 160 Å². The van der Waals surface area contributed by atoms with Crippen molar-refractivity contribution in [3.8, 4) is 5.75 Å². The van der Waals surface area contributed by atoms with E-state index in [0.29, 0.717) is 6.61 Å². The van der Waals surface area contributed by atoms with Gasteiger partial charge >= 0.3 is 0 Å². The first-order valence-corrected chi connectivity index (χ1v) is 10.1. The molecule has 0 amide bonds. The van der Waals surface area contributed by atoms with Crippen molar-refractivity contribution < 1.29 is 17.3 Å². The second kappa shape index (κ2) is 8.37. The summed E-state index contributed by atoms with van der Waals surface area (Å²) in [7, 11) is -3.81. The molecule has 140 valence electrons. The van der Waals surface area contributed by atoms with Gasteiger partial charge in [-0.3, -0.25) is 4.18 Å². The van der Waals surface area contributed by atoms with Crippen LogP contribution in [0.4, 0.5) is 0 Å². The summed E-state index contributed by atoms with van der Waals surface area (Å²) in [6.45, 7) is 4.10. The molecule has 5 heteroatoms. The van der Waals surface area contributed by atoms with Crippen molar-refractivity contribution in [2.24, 2.45) is 0 Å². The molecule has 27 heavy (non-hydrogen) atoms. The van der Waals surface area contributed by atoms with Gasteiger partial charge in [-0.05, 0) is 49.2 Å². The molecule has 0 radical (unpaired) electrons. The Morgan fingerprint density at radius 3 is 2.11 bits per heavy atom. The fourth-order valence-electron chi connectivity index (χ4n) is 2.58. The smallest absolute Gasteiger partial charge is 0.297 e. The van der Waals surface area contributed by atoms with E-state index >= 15 is 0 Å². The van der Waals surface area contributed by atoms with Gasteiger partial charge in [0.2, 0.25) is 0 Å². The van der Waals surface area contributed by atoms with E-state index in [-0.39, 0.29) is 4.90 Å². The van der Waals surface area contributed by atoms with Gasteiger partial charge in [0, 0.05) is 0 Å². The van der Waals surface area contributed by atoms with E-state index in [1.807, 2.05) is 61.5 Å². The third-order valence-corrected chi connectivity index (χ3v) is 5.57. The molecule has 0 spiro atoms. The molecule has 1 atom stereocenters. The van der Waals surface area contributed by atoms with E-state index in [9.17, 15) is 8.42 Å². The maximum Gasteiger partial charge on any atom is 0.297 e. The molecule has 0 aliphatic carbocycles. The lowest BCUT2D eigenvalue weighted by Crippen LogP contribution is -2.10. The highest BCUT2D eigenvalue weighted by Gasteiger charge is 2.20. The van der Waals surface area contributed by atoms with Crippen molar-refractivity contribution in [1.29, 1.82) is 0 Å². The lowest BCUT2D eigenvalue weighted by Gasteiger charge is -2.14. The fraction of sp³-hybridized carbons (Fsp3) is 0.182. The molecule has 0 N–H and O–H groups in total. The Morgan fingerprint density at radius 2 is 1.48 bits per heavy atom. The van der Waals surface area contributed by atoms with E-state index < -0.39 is 16.2 Å². The first kappa shape index (κ1) is 19.1. The number of hydrogen-bond donors (Lipinski definition) is 0. The molecule has 0 aromatic heterocycles. The van der Waals surface area contributed by atoms with E-state index in [2.05, 4.69) is 0 Å². The van der Waals surface area contributed by atoms with Gasteiger partial charge in [0.15, 0.2) is 0 Å². The third kappa shape index (κ3) is 5.18. The minimum atomic E-state index is -3.81. The zero-order valence-corrected chi connectivity index (χ0v) is 16.1. The van der Waals surface area contributed by atoms with E-state index in [0.717, 1.165) is 22.4 Å². The monoisotopic (exact) mass is 382 g/mol. The second-order valence-electron chi connectivity index (χ2n) is 6.35. The summed E-state index contributed by atoms with van der Waals surface area (Å²) in [6, 6.07) is 23.8. The summed E-state index contributed by atoms with van der Waals surface area (Å²) in [5.41, 5.74) is 2.84. The number of benzene rings is 3. The molecule has 0 aliphatic rings. The number of ether oxygens (including phenoxy) is 1. The third-order valence-electron chi connectivity index (χ3n) is 4.18. The van der Waals surface area contributed by atoms with Crippen LogP contribution in [0.5, 0.6) is 5.75 Å². The van der Waals surface area contributed by atoms with E-state index in [4.69, 9.17) is 8.92 Å². The van der Waals surface area contributed by atoms with Crippen molar-refractivity contribution in [1.82, 2.24) is 0 Å². The summed E-state index contributed by atoms with van der Waals surface area (Å²) < 4.78 is 35.9. The molecular formula is C22H22O4S. The SMILES string of the molecule is Cc1ccc(S(=O)(=O)OC(C)c2ccc(OCc3ccccc3)cc2)cc1. The molecule has 0 fully saturated rings.